The highest BCUT2D eigenvalue weighted by molar-refractivity contribution is 9.10. The van der Waals surface area contributed by atoms with E-state index in [4.69, 9.17) is 5.73 Å². The van der Waals surface area contributed by atoms with Crippen molar-refractivity contribution in [2.45, 2.75) is 0 Å². The summed E-state index contributed by atoms with van der Waals surface area (Å²) in [6, 6.07) is 4.66. The molecule has 66 valence electrons. The Hall–Kier alpha value is -1.23. The number of hydrogen-bond donors (Lipinski definition) is 1. The van der Waals surface area contributed by atoms with E-state index in [1.807, 2.05) is 0 Å². The number of para-hydroxylation sites is 1. The molecule has 5 heteroatoms. The summed E-state index contributed by atoms with van der Waals surface area (Å²) in [6.45, 7) is 0. The normalized spacial score (nSPS) is 10.6. The SMILES string of the molecule is Nc1nc(Br)c2cccc(F)c2n1. The summed E-state index contributed by atoms with van der Waals surface area (Å²) in [5, 5.41) is 0.620. The van der Waals surface area contributed by atoms with Gasteiger partial charge < -0.3 is 5.73 Å². The third-order valence-electron chi connectivity index (χ3n) is 1.65. The Labute approximate surface area is 81.9 Å². The van der Waals surface area contributed by atoms with Gasteiger partial charge in [0.2, 0.25) is 5.95 Å². The molecule has 0 fully saturated rings. The Morgan fingerprint density at radius 3 is 2.85 bits per heavy atom. The number of fused-ring (bicyclic) bond motifs is 1. The van der Waals surface area contributed by atoms with E-state index in [9.17, 15) is 4.39 Å². The minimum atomic E-state index is -0.396. The molecule has 3 nitrogen and oxygen atoms in total. The number of nitrogen functional groups attached to an aromatic ring is 1. The van der Waals surface area contributed by atoms with E-state index < -0.39 is 5.82 Å². The van der Waals surface area contributed by atoms with Gasteiger partial charge in [0.05, 0.1) is 0 Å². The van der Waals surface area contributed by atoms with Crippen LogP contribution in [-0.4, -0.2) is 9.97 Å². The third kappa shape index (κ3) is 1.35. The standard InChI is InChI=1S/C8H5BrFN3/c9-7-4-2-1-3-5(10)6(4)12-8(11)13-7/h1-3H,(H2,11,12,13). The molecule has 0 saturated carbocycles. The van der Waals surface area contributed by atoms with Crippen molar-refractivity contribution in [2.24, 2.45) is 0 Å². The van der Waals surface area contributed by atoms with Gasteiger partial charge in [-0.2, -0.15) is 0 Å². The second kappa shape index (κ2) is 2.92. The molecular formula is C8H5BrFN3. The average molecular weight is 242 g/mol. The van der Waals surface area contributed by atoms with Crippen molar-refractivity contribution in [1.82, 2.24) is 9.97 Å². The molecule has 1 aromatic carbocycles. The molecule has 2 N–H and O–H groups in total. The lowest BCUT2D eigenvalue weighted by Crippen LogP contribution is -1.97. The van der Waals surface area contributed by atoms with Gasteiger partial charge in [0.25, 0.3) is 0 Å². The molecule has 0 aliphatic carbocycles. The van der Waals surface area contributed by atoms with E-state index in [0.717, 1.165) is 0 Å². The van der Waals surface area contributed by atoms with Crippen molar-refractivity contribution < 1.29 is 4.39 Å². The first-order valence-corrected chi connectivity index (χ1v) is 4.35. The van der Waals surface area contributed by atoms with Crippen molar-refractivity contribution in [3.63, 3.8) is 0 Å². The Kier molecular flexibility index (Phi) is 1.88. The van der Waals surface area contributed by atoms with Crippen LogP contribution >= 0.6 is 15.9 Å². The van der Waals surface area contributed by atoms with Crippen LogP contribution in [0.15, 0.2) is 22.8 Å². The first kappa shape index (κ1) is 8.37. The van der Waals surface area contributed by atoms with Gasteiger partial charge in [0, 0.05) is 5.39 Å². The van der Waals surface area contributed by atoms with Crippen LogP contribution in [0.3, 0.4) is 0 Å². The monoisotopic (exact) mass is 241 g/mol. The van der Waals surface area contributed by atoms with Gasteiger partial charge in [-0.15, -0.1) is 0 Å². The maximum Gasteiger partial charge on any atom is 0.221 e. The van der Waals surface area contributed by atoms with Gasteiger partial charge in [-0.05, 0) is 28.1 Å². The highest BCUT2D eigenvalue weighted by Crippen LogP contribution is 2.23. The zero-order valence-electron chi connectivity index (χ0n) is 6.46. The van der Waals surface area contributed by atoms with E-state index in [1.165, 1.54) is 6.07 Å². The van der Waals surface area contributed by atoms with Gasteiger partial charge in [0.15, 0.2) is 0 Å². The van der Waals surface area contributed by atoms with Crippen molar-refractivity contribution in [3.05, 3.63) is 28.6 Å². The smallest absolute Gasteiger partial charge is 0.221 e. The maximum absolute atomic E-state index is 13.2. The molecule has 0 spiro atoms. The summed E-state index contributed by atoms with van der Waals surface area (Å²) in [5.74, 6) is -0.336. The first-order valence-electron chi connectivity index (χ1n) is 3.56. The molecule has 1 heterocycles. The summed E-state index contributed by atoms with van der Waals surface area (Å²) in [4.78, 5) is 7.66. The van der Waals surface area contributed by atoms with E-state index in [0.29, 0.717) is 9.99 Å². The zero-order valence-corrected chi connectivity index (χ0v) is 8.05. The Bertz CT molecular complexity index is 472. The number of anilines is 1. The predicted octanol–water partition coefficient (Wildman–Crippen LogP) is 2.11. The lowest BCUT2D eigenvalue weighted by molar-refractivity contribution is 0.636. The van der Waals surface area contributed by atoms with Crippen LogP contribution in [0.5, 0.6) is 0 Å². The average Bonchev–Trinajstić information content (AvgIpc) is 2.07. The van der Waals surface area contributed by atoms with Crippen LogP contribution in [0.25, 0.3) is 10.9 Å². The van der Waals surface area contributed by atoms with Crippen LogP contribution in [0.2, 0.25) is 0 Å². The number of halogens is 2. The fourth-order valence-electron chi connectivity index (χ4n) is 1.10. The van der Waals surface area contributed by atoms with Crippen molar-refractivity contribution in [2.75, 3.05) is 5.73 Å². The molecule has 1 aromatic heterocycles. The number of benzene rings is 1. The molecule has 0 radical (unpaired) electrons. The van der Waals surface area contributed by atoms with Gasteiger partial charge in [0.1, 0.15) is 15.9 Å². The number of hydrogen-bond acceptors (Lipinski definition) is 3. The molecule has 0 bridgehead atoms. The van der Waals surface area contributed by atoms with Crippen LogP contribution in [0.1, 0.15) is 0 Å². The highest BCUT2D eigenvalue weighted by atomic mass is 79.9. The van der Waals surface area contributed by atoms with E-state index in [2.05, 4.69) is 25.9 Å². The van der Waals surface area contributed by atoms with Gasteiger partial charge >= 0.3 is 0 Å². The molecule has 0 atom stereocenters. The molecule has 2 rings (SSSR count). The van der Waals surface area contributed by atoms with E-state index >= 15 is 0 Å². The summed E-state index contributed by atoms with van der Waals surface area (Å²) < 4.78 is 13.7. The summed E-state index contributed by atoms with van der Waals surface area (Å²) in [6.07, 6.45) is 0. The quantitative estimate of drug-likeness (QED) is 0.720. The van der Waals surface area contributed by atoms with Crippen LogP contribution in [0.4, 0.5) is 10.3 Å². The topological polar surface area (TPSA) is 51.8 Å². The van der Waals surface area contributed by atoms with Gasteiger partial charge in [-0.1, -0.05) is 6.07 Å². The number of nitrogens with zero attached hydrogens (tertiary/aromatic N) is 2. The Morgan fingerprint density at radius 1 is 1.31 bits per heavy atom. The van der Waals surface area contributed by atoms with E-state index in [1.54, 1.807) is 12.1 Å². The lowest BCUT2D eigenvalue weighted by Gasteiger charge is -2.00. The molecular weight excluding hydrogens is 237 g/mol. The second-order valence-corrected chi connectivity index (χ2v) is 3.26. The minimum Gasteiger partial charge on any atom is -0.368 e. The Balaban J connectivity index is 2.94. The van der Waals surface area contributed by atoms with Crippen LogP contribution in [0, 0.1) is 5.82 Å². The molecule has 0 saturated heterocycles. The zero-order chi connectivity index (χ0) is 9.42. The fourth-order valence-corrected chi connectivity index (χ4v) is 1.60. The summed E-state index contributed by atoms with van der Waals surface area (Å²) >= 11 is 3.18. The van der Waals surface area contributed by atoms with Gasteiger partial charge in [-0.25, -0.2) is 14.4 Å². The lowest BCUT2D eigenvalue weighted by atomic mass is 10.2. The predicted molar refractivity (Wildman–Crippen MR) is 51.6 cm³/mol. The van der Waals surface area contributed by atoms with Crippen molar-refractivity contribution >= 4 is 32.8 Å². The molecule has 0 aliphatic heterocycles. The van der Waals surface area contributed by atoms with Crippen molar-refractivity contribution in [1.29, 1.82) is 0 Å². The molecule has 2 aromatic rings. The molecule has 0 amide bonds. The fraction of sp³-hybridized carbons (Fsp3) is 0. The van der Waals surface area contributed by atoms with Crippen LogP contribution in [-0.2, 0) is 0 Å². The van der Waals surface area contributed by atoms with E-state index in [-0.39, 0.29) is 11.5 Å². The van der Waals surface area contributed by atoms with Crippen LogP contribution < -0.4 is 5.73 Å². The largest absolute Gasteiger partial charge is 0.368 e. The highest BCUT2D eigenvalue weighted by Gasteiger charge is 2.06. The number of rotatable bonds is 0. The second-order valence-electron chi connectivity index (χ2n) is 2.51. The third-order valence-corrected chi connectivity index (χ3v) is 2.25. The first-order chi connectivity index (χ1) is 6.18. The summed E-state index contributed by atoms with van der Waals surface area (Å²) in [7, 11) is 0. The molecule has 13 heavy (non-hydrogen) atoms. The molecule has 0 aliphatic rings. The Morgan fingerprint density at radius 2 is 2.08 bits per heavy atom. The van der Waals surface area contributed by atoms with Gasteiger partial charge in [-0.3, -0.25) is 0 Å². The summed E-state index contributed by atoms with van der Waals surface area (Å²) in [5.41, 5.74) is 5.61. The number of nitrogens with two attached hydrogens (primary N) is 1. The molecule has 0 unspecified atom stereocenters. The minimum absolute atomic E-state index is 0.0597. The van der Waals surface area contributed by atoms with Crippen molar-refractivity contribution in [3.8, 4) is 0 Å². The maximum atomic E-state index is 13.2. The number of aromatic nitrogens is 2.